The number of likely N-dealkylation sites (tertiary alicyclic amines) is 1. The van der Waals surface area contributed by atoms with Crippen LogP contribution in [0.15, 0.2) is 25.3 Å². The number of amides is 2. The van der Waals surface area contributed by atoms with E-state index in [2.05, 4.69) is 34.0 Å². The third kappa shape index (κ3) is 5.14. The van der Waals surface area contributed by atoms with Gasteiger partial charge in [0.2, 0.25) is 11.8 Å². The van der Waals surface area contributed by atoms with Crippen molar-refractivity contribution in [3.63, 3.8) is 0 Å². The Morgan fingerprint density at radius 1 is 1.35 bits per heavy atom. The summed E-state index contributed by atoms with van der Waals surface area (Å²) in [6.45, 7) is 13.7. The van der Waals surface area contributed by atoms with Gasteiger partial charge < -0.3 is 24.4 Å². The van der Waals surface area contributed by atoms with E-state index in [1.807, 2.05) is 6.92 Å². The largest absolute Gasteiger partial charge is 0.461 e. The smallest absolute Gasteiger partial charge is 0.311 e. The number of ether oxygens (including phenoxy) is 2. The van der Waals surface area contributed by atoms with Crippen LogP contribution < -0.4 is 0 Å². The Balaban J connectivity index is 1.68. The van der Waals surface area contributed by atoms with Gasteiger partial charge in [0, 0.05) is 42.8 Å². The summed E-state index contributed by atoms with van der Waals surface area (Å²) in [4.78, 5) is 47.2. The number of alkyl halides is 1. The van der Waals surface area contributed by atoms with Crippen molar-refractivity contribution in [1.82, 2.24) is 14.7 Å². The molecule has 4 fully saturated rings. The van der Waals surface area contributed by atoms with E-state index in [0.29, 0.717) is 45.7 Å². The summed E-state index contributed by atoms with van der Waals surface area (Å²) < 4.78 is 10.1. The maximum atomic E-state index is 14.4. The van der Waals surface area contributed by atoms with E-state index < -0.39 is 34.6 Å². The fraction of sp³-hybridized carbons (Fsp3) is 0.731. The normalized spacial score (nSPS) is 33.8. The SMILES string of the molecule is C=CCOC(=O)[C@H]1[C@H]2C(=O)N([C@@H](CC)CO)C(C(=O)N(CC=C)CCN3CCOCC3)C23CC(Br)[C@@H]1S3. The number of aliphatic hydroxyl groups is 1. The molecule has 3 unspecified atom stereocenters. The molecule has 37 heavy (non-hydrogen) atoms. The third-order valence-electron chi connectivity index (χ3n) is 8.10. The predicted molar refractivity (Wildman–Crippen MR) is 145 cm³/mol. The lowest BCUT2D eigenvalue weighted by Crippen LogP contribution is -2.58. The Morgan fingerprint density at radius 2 is 2.08 bits per heavy atom. The molecule has 2 bridgehead atoms. The van der Waals surface area contributed by atoms with Crippen LogP contribution in [-0.4, -0.2) is 124 Å². The molecule has 1 N–H and O–H groups in total. The van der Waals surface area contributed by atoms with E-state index >= 15 is 0 Å². The monoisotopic (exact) mass is 599 g/mol. The number of halogens is 1. The standard InChI is InChI=1S/C26H38BrN3O6S/c1-4-7-29(9-8-28-10-13-35-14-11-28)24(33)22-26-15-18(27)21(37-26)19(25(34)36-12-5-2)20(26)23(32)30(22)17(6-3)16-31/h4-5,17-22,31H,1-2,6-16H2,3H3/t17-,18?,19-,20-,21-,22?,26?/m0/s1. The number of esters is 1. The van der Waals surface area contributed by atoms with Crippen LogP contribution in [0.2, 0.25) is 0 Å². The van der Waals surface area contributed by atoms with Crippen molar-refractivity contribution in [1.29, 1.82) is 0 Å². The van der Waals surface area contributed by atoms with E-state index in [4.69, 9.17) is 9.47 Å². The summed E-state index contributed by atoms with van der Waals surface area (Å²) in [5.74, 6) is -2.15. The van der Waals surface area contributed by atoms with Crippen molar-refractivity contribution >= 4 is 45.5 Å². The van der Waals surface area contributed by atoms with Crippen molar-refractivity contribution < 1.29 is 29.0 Å². The van der Waals surface area contributed by atoms with E-state index in [0.717, 1.165) is 13.1 Å². The van der Waals surface area contributed by atoms with Crippen LogP contribution in [0.25, 0.3) is 0 Å². The van der Waals surface area contributed by atoms with Gasteiger partial charge in [-0.2, -0.15) is 0 Å². The molecule has 4 rings (SSSR count). The molecule has 4 aliphatic heterocycles. The minimum absolute atomic E-state index is 0.0338. The molecule has 4 saturated heterocycles. The molecule has 9 nitrogen and oxygen atoms in total. The fourth-order valence-corrected chi connectivity index (χ4v) is 9.95. The Hall–Kier alpha value is -1.40. The molecule has 0 aromatic rings. The molecule has 4 heterocycles. The van der Waals surface area contributed by atoms with Crippen molar-refractivity contribution in [2.75, 3.05) is 59.2 Å². The van der Waals surface area contributed by atoms with E-state index in [-0.39, 0.29) is 35.1 Å². The van der Waals surface area contributed by atoms with Crippen molar-refractivity contribution in [3.8, 4) is 0 Å². The molecular weight excluding hydrogens is 562 g/mol. The van der Waals surface area contributed by atoms with Crippen LogP contribution in [0.4, 0.5) is 0 Å². The van der Waals surface area contributed by atoms with Crippen molar-refractivity contribution in [2.24, 2.45) is 11.8 Å². The highest BCUT2D eigenvalue weighted by Crippen LogP contribution is 2.68. The molecule has 7 atom stereocenters. The average molecular weight is 601 g/mol. The second kappa shape index (κ2) is 12.2. The zero-order valence-corrected chi connectivity index (χ0v) is 23.8. The quantitative estimate of drug-likeness (QED) is 0.204. The molecule has 0 aromatic carbocycles. The number of thioether (sulfide) groups is 1. The number of carbonyl (C=O) groups excluding carboxylic acids is 3. The fourth-order valence-electron chi connectivity index (χ4n) is 6.37. The molecule has 2 amide bonds. The molecule has 0 aliphatic carbocycles. The van der Waals surface area contributed by atoms with E-state index in [9.17, 15) is 19.5 Å². The van der Waals surface area contributed by atoms with Gasteiger partial charge in [-0.1, -0.05) is 41.6 Å². The summed E-state index contributed by atoms with van der Waals surface area (Å²) in [5.41, 5.74) is 0. The maximum absolute atomic E-state index is 14.4. The number of fused-ring (bicyclic) bond motifs is 1. The Labute approximate surface area is 231 Å². The lowest BCUT2D eigenvalue weighted by Gasteiger charge is -2.40. The van der Waals surface area contributed by atoms with Gasteiger partial charge >= 0.3 is 5.97 Å². The molecule has 0 aromatic heterocycles. The number of hydrogen-bond donors (Lipinski definition) is 1. The minimum Gasteiger partial charge on any atom is -0.461 e. The van der Waals surface area contributed by atoms with Gasteiger partial charge in [-0.15, -0.1) is 18.3 Å². The number of rotatable bonds is 12. The molecule has 206 valence electrons. The molecular formula is C26H38BrN3O6S. The first kappa shape index (κ1) is 28.6. The van der Waals surface area contributed by atoms with Crippen LogP contribution >= 0.6 is 27.7 Å². The first-order chi connectivity index (χ1) is 17.8. The Morgan fingerprint density at radius 3 is 2.70 bits per heavy atom. The summed E-state index contributed by atoms with van der Waals surface area (Å²) >= 11 is 5.33. The van der Waals surface area contributed by atoms with Gasteiger partial charge in [-0.25, -0.2) is 0 Å². The zero-order valence-electron chi connectivity index (χ0n) is 21.4. The topological polar surface area (TPSA) is 99.6 Å². The number of aliphatic hydroxyl groups excluding tert-OH is 1. The molecule has 1 spiro atoms. The Kier molecular flexibility index (Phi) is 9.43. The number of morpholine rings is 1. The predicted octanol–water partition coefficient (Wildman–Crippen LogP) is 1.30. The van der Waals surface area contributed by atoms with Crippen molar-refractivity contribution in [3.05, 3.63) is 25.3 Å². The third-order valence-corrected chi connectivity index (χ3v) is 11.3. The zero-order chi connectivity index (χ0) is 26.7. The second-order valence-electron chi connectivity index (χ2n) is 10.1. The first-order valence-corrected chi connectivity index (χ1v) is 14.9. The van der Waals surface area contributed by atoms with Gasteiger partial charge in [0.15, 0.2) is 0 Å². The number of carbonyl (C=O) groups is 3. The second-order valence-corrected chi connectivity index (χ2v) is 12.8. The van der Waals surface area contributed by atoms with Crippen LogP contribution in [0, 0.1) is 11.8 Å². The van der Waals surface area contributed by atoms with E-state index in [1.54, 1.807) is 27.6 Å². The van der Waals surface area contributed by atoms with Crippen LogP contribution in [0.3, 0.4) is 0 Å². The molecule has 0 radical (unpaired) electrons. The van der Waals surface area contributed by atoms with Crippen LogP contribution in [0.5, 0.6) is 0 Å². The lowest BCUT2D eigenvalue weighted by atomic mass is 9.71. The summed E-state index contributed by atoms with van der Waals surface area (Å²) in [7, 11) is 0. The molecule has 11 heteroatoms. The summed E-state index contributed by atoms with van der Waals surface area (Å²) in [6.07, 6.45) is 4.31. The Bertz CT molecular complexity index is 898. The van der Waals surface area contributed by atoms with Gasteiger partial charge in [0.1, 0.15) is 12.6 Å². The van der Waals surface area contributed by atoms with Crippen LogP contribution in [0.1, 0.15) is 19.8 Å². The summed E-state index contributed by atoms with van der Waals surface area (Å²) in [5, 5.41) is 10.1. The molecule has 4 aliphatic rings. The maximum Gasteiger partial charge on any atom is 0.311 e. The van der Waals surface area contributed by atoms with Crippen molar-refractivity contribution in [2.45, 2.75) is 46.7 Å². The van der Waals surface area contributed by atoms with Gasteiger partial charge in [0.25, 0.3) is 0 Å². The number of nitrogens with zero attached hydrogens (tertiary/aromatic N) is 3. The van der Waals surface area contributed by atoms with E-state index in [1.165, 1.54) is 6.08 Å². The van der Waals surface area contributed by atoms with Gasteiger partial charge in [-0.05, 0) is 12.8 Å². The first-order valence-electron chi connectivity index (χ1n) is 13.1. The average Bonchev–Trinajstić information content (AvgIpc) is 3.50. The lowest BCUT2D eigenvalue weighted by molar-refractivity contribution is -0.153. The van der Waals surface area contributed by atoms with Gasteiger partial charge in [0.05, 0.1) is 42.4 Å². The summed E-state index contributed by atoms with van der Waals surface area (Å²) in [6, 6.07) is -1.29. The number of hydrogen-bond acceptors (Lipinski definition) is 8. The highest BCUT2D eigenvalue weighted by atomic mass is 79.9. The minimum atomic E-state index is -0.779. The van der Waals surface area contributed by atoms with Crippen LogP contribution in [-0.2, 0) is 23.9 Å². The highest BCUT2D eigenvalue weighted by molar-refractivity contribution is 9.09. The highest BCUT2D eigenvalue weighted by Gasteiger charge is 2.76. The molecule has 0 saturated carbocycles. The van der Waals surface area contributed by atoms with Gasteiger partial charge in [-0.3, -0.25) is 19.3 Å².